The van der Waals surface area contributed by atoms with Crippen LogP contribution in [0.15, 0.2) is 0 Å². The molecule has 3 atom stereocenters. The first-order valence-corrected chi connectivity index (χ1v) is 7.61. The van der Waals surface area contributed by atoms with Gasteiger partial charge in [0.1, 0.15) is 0 Å². The third kappa shape index (κ3) is 6.15. The van der Waals surface area contributed by atoms with Crippen LogP contribution in [-0.2, 0) is 9.84 Å². The standard InChI is InChI=1S/C11H25NO2S/c1-6-9(3)11(5)12-10(4)8-15(13,14)7-2/h9-12H,6-8H2,1-5H3. The topological polar surface area (TPSA) is 46.2 Å². The Labute approximate surface area is 94.6 Å². The first-order chi connectivity index (χ1) is 6.82. The third-order valence-electron chi connectivity index (χ3n) is 2.99. The molecule has 0 aromatic rings. The van der Waals surface area contributed by atoms with Crippen LogP contribution in [0.25, 0.3) is 0 Å². The fourth-order valence-electron chi connectivity index (χ4n) is 1.51. The molecule has 0 saturated carbocycles. The van der Waals surface area contributed by atoms with Crippen molar-refractivity contribution < 1.29 is 8.42 Å². The van der Waals surface area contributed by atoms with Crippen LogP contribution >= 0.6 is 0 Å². The Bertz CT molecular complexity index is 262. The average Bonchev–Trinajstić information content (AvgIpc) is 2.15. The van der Waals surface area contributed by atoms with Crippen molar-refractivity contribution in [2.75, 3.05) is 11.5 Å². The van der Waals surface area contributed by atoms with Crippen LogP contribution in [0.2, 0.25) is 0 Å². The normalized spacial score (nSPS) is 18.5. The van der Waals surface area contributed by atoms with Crippen molar-refractivity contribution in [3.63, 3.8) is 0 Å². The molecule has 4 heteroatoms. The van der Waals surface area contributed by atoms with E-state index in [2.05, 4.69) is 26.1 Å². The van der Waals surface area contributed by atoms with Gasteiger partial charge in [0.25, 0.3) is 0 Å². The van der Waals surface area contributed by atoms with Gasteiger partial charge in [0, 0.05) is 17.8 Å². The lowest BCUT2D eigenvalue weighted by atomic mass is 10.0. The van der Waals surface area contributed by atoms with E-state index >= 15 is 0 Å². The molecule has 0 saturated heterocycles. The lowest BCUT2D eigenvalue weighted by Gasteiger charge is -2.24. The number of hydrogen-bond donors (Lipinski definition) is 1. The van der Waals surface area contributed by atoms with E-state index in [9.17, 15) is 8.42 Å². The van der Waals surface area contributed by atoms with E-state index in [1.165, 1.54) is 0 Å². The molecule has 0 aliphatic heterocycles. The minimum atomic E-state index is -2.86. The fourth-order valence-corrected chi connectivity index (χ4v) is 2.61. The second-order valence-corrected chi connectivity index (χ2v) is 6.84. The number of hydrogen-bond acceptors (Lipinski definition) is 3. The smallest absolute Gasteiger partial charge is 0.151 e. The highest BCUT2D eigenvalue weighted by Gasteiger charge is 2.17. The van der Waals surface area contributed by atoms with Crippen molar-refractivity contribution in [1.29, 1.82) is 0 Å². The Balaban J connectivity index is 4.09. The third-order valence-corrected chi connectivity index (χ3v) is 4.88. The quantitative estimate of drug-likeness (QED) is 0.732. The summed E-state index contributed by atoms with van der Waals surface area (Å²) in [6, 6.07) is 0.413. The summed E-state index contributed by atoms with van der Waals surface area (Å²) in [6.45, 7) is 10.1. The summed E-state index contributed by atoms with van der Waals surface area (Å²) in [5.41, 5.74) is 0. The molecule has 15 heavy (non-hydrogen) atoms. The van der Waals surface area contributed by atoms with Crippen LogP contribution in [0.4, 0.5) is 0 Å². The highest BCUT2D eigenvalue weighted by Crippen LogP contribution is 2.08. The Morgan fingerprint density at radius 3 is 2.07 bits per heavy atom. The van der Waals surface area contributed by atoms with Crippen LogP contribution in [0.1, 0.15) is 41.0 Å². The molecule has 3 nitrogen and oxygen atoms in total. The second kappa shape index (κ2) is 6.48. The van der Waals surface area contributed by atoms with Gasteiger partial charge in [-0.3, -0.25) is 0 Å². The number of sulfone groups is 1. The Morgan fingerprint density at radius 2 is 1.67 bits per heavy atom. The molecular formula is C11H25NO2S. The largest absolute Gasteiger partial charge is 0.311 e. The van der Waals surface area contributed by atoms with Crippen molar-refractivity contribution >= 4 is 9.84 Å². The summed E-state index contributed by atoms with van der Waals surface area (Å²) in [7, 11) is -2.86. The molecular weight excluding hydrogens is 210 g/mol. The first-order valence-electron chi connectivity index (χ1n) is 5.78. The average molecular weight is 235 g/mol. The van der Waals surface area contributed by atoms with E-state index < -0.39 is 9.84 Å². The van der Waals surface area contributed by atoms with E-state index in [0.717, 1.165) is 6.42 Å². The molecule has 0 heterocycles. The van der Waals surface area contributed by atoms with E-state index in [0.29, 0.717) is 12.0 Å². The predicted octanol–water partition coefficient (Wildman–Crippen LogP) is 1.83. The molecule has 0 aliphatic carbocycles. The van der Waals surface area contributed by atoms with E-state index in [4.69, 9.17) is 0 Å². The van der Waals surface area contributed by atoms with Gasteiger partial charge in [0.15, 0.2) is 9.84 Å². The van der Waals surface area contributed by atoms with Crippen LogP contribution in [-0.4, -0.2) is 32.0 Å². The zero-order valence-corrected chi connectivity index (χ0v) is 11.4. The Hall–Kier alpha value is -0.0900. The highest BCUT2D eigenvalue weighted by molar-refractivity contribution is 7.91. The molecule has 0 radical (unpaired) electrons. The molecule has 1 N–H and O–H groups in total. The summed E-state index contributed by atoms with van der Waals surface area (Å²) in [6.07, 6.45) is 1.11. The highest BCUT2D eigenvalue weighted by atomic mass is 32.2. The van der Waals surface area contributed by atoms with Crippen LogP contribution in [0.3, 0.4) is 0 Å². The zero-order chi connectivity index (χ0) is 12.1. The van der Waals surface area contributed by atoms with Gasteiger partial charge in [-0.2, -0.15) is 0 Å². The van der Waals surface area contributed by atoms with Crippen LogP contribution in [0, 0.1) is 5.92 Å². The monoisotopic (exact) mass is 235 g/mol. The summed E-state index contributed by atoms with van der Waals surface area (Å²) < 4.78 is 22.8. The maximum atomic E-state index is 11.4. The van der Waals surface area contributed by atoms with Gasteiger partial charge in [-0.05, 0) is 19.8 Å². The minimum absolute atomic E-state index is 0.0407. The number of nitrogens with one attached hydrogen (secondary N) is 1. The lowest BCUT2D eigenvalue weighted by Crippen LogP contribution is -2.42. The van der Waals surface area contributed by atoms with Crippen molar-refractivity contribution in [2.45, 2.75) is 53.1 Å². The van der Waals surface area contributed by atoms with Gasteiger partial charge in [-0.25, -0.2) is 8.42 Å². The van der Waals surface area contributed by atoms with Gasteiger partial charge in [-0.15, -0.1) is 0 Å². The molecule has 0 aliphatic rings. The molecule has 0 aromatic heterocycles. The van der Waals surface area contributed by atoms with Gasteiger partial charge < -0.3 is 5.32 Å². The lowest BCUT2D eigenvalue weighted by molar-refractivity contribution is 0.366. The Morgan fingerprint density at radius 1 is 1.13 bits per heavy atom. The van der Waals surface area contributed by atoms with Gasteiger partial charge in [-0.1, -0.05) is 27.2 Å². The number of rotatable bonds is 7. The van der Waals surface area contributed by atoms with Gasteiger partial charge in [0.2, 0.25) is 0 Å². The maximum Gasteiger partial charge on any atom is 0.151 e. The van der Waals surface area contributed by atoms with Crippen molar-refractivity contribution in [3.05, 3.63) is 0 Å². The van der Waals surface area contributed by atoms with E-state index in [1.54, 1.807) is 6.92 Å². The minimum Gasteiger partial charge on any atom is -0.311 e. The van der Waals surface area contributed by atoms with E-state index in [1.807, 2.05) is 6.92 Å². The summed E-state index contributed by atoms with van der Waals surface area (Å²) in [4.78, 5) is 0. The van der Waals surface area contributed by atoms with Crippen molar-refractivity contribution in [3.8, 4) is 0 Å². The molecule has 0 fully saturated rings. The molecule has 0 amide bonds. The van der Waals surface area contributed by atoms with Gasteiger partial charge >= 0.3 is 0 Å². The molecule has 3 unspecified atom stereocenters. The first kappa shape index (κ1) is 14.9. The van der Waals surface area contributed by atoms with Crippen LogP contribution < -0.4 is 5.32 Å². The molecule has 0 spiro atoms. The molecule has 92 valence electrons. The van der Waals surface area contributed by atoms with Crippen LogP contribution in [0.5, 0.6) is 0 Å². The summed E-state index contributed by atoms with van der Waals surface area (Å²) in [5.74, 6) is 1.05. The molecule has 0 bridgehead atoms. The molecule has 0 rings (SSSR count). The maximum absolute atomic E-state index is 11.4. The Kier molecular flexibility index (Phi) is 6.44. The van der Waals surface area contributed by atoms with Crippen molar-refractivity contribution in [1.82, 2.24) is 5.32 Å². The second-order valence-electron chi connectivity index (χ2n) is 4.44. The summed E-state index contributed by atoms with van der Waals surface area (Å²) >= 11 is 0. The van der Waals surface area contributed by atoms with E-state index in [-0.39, 0.29) is 17.5 Å². The zero-order valence-electron chi connectivity index (χ0n) is 10.6. The summed E-state index contributed by atoms with van der Waals surface area (Å²) in [5, 5.41) is 3.34. The molecule has 0 aromatic carbocycles. The predicted molar refractivity (Wildman–Crippen MR) is 65.8 cm³/mol. The van der Waals surface area contributed by atoms with Gasteiger partial charge in [0.05, 0.1) is 5.75 Å². The fraction of sp³-hybridized carbons (Fsp3) is 1.00. The SMILES string of the molecule is CCC(C)C(C)NC(C)CS(=O)(=O)CC. The van der Waals surface area contributed by atoms with Crippen molar-refractivity contribution in [2.24, 2.45) is 5.92 Å².